The fourth-order valence-electron chi connectivity index (χ4n) is 1.08. The maximum absolute atomic E-state index is 10.9. The van der Waals surface area contributed by atoms with Crippen LogP contribution in [0.1, 0.15) is 15.9 Å². The molecule has 1 aromatic carbocycles. The topological polar surface area (TPSA) is 55.1 Å². The smallest absolute Gasteiger partial charge is 0.250 e. The number of benzene rings is 1. The van der Waals surface area contributed by atoms with E-state index in [0.717, 1.165) is 11.3 Å². The van der Waals surface area contributed by atoms with Crippen molar-refractivity contribution in [2.45, 2.75) is 6.92 Å². The van der Waals surface area contributed by atoms with Crippen LogP contribution in [0.3, 0.4) is 0 Å². The number of nitrogens with one attached hydrogen (secondary N) is 1. The molecule has 0 saturated heterocycles. The van der Waals surface area contributed by atoms with Crippen LogP contribution >= 0.6 is 0 Å². The third kappa shape index (κ3) is 1.56. The highest BCUT2D eigenvalue weighted by Gasteiger charge is 2.05. The minimum Gasteiger partial charge on any atom is -0.387 e. The molecule has 12 heavy (non-hydrogen) atoms. The second-order valence-corrected chi connectivity index (χ2v) is 2.66. The van der Waals surface area contributed by atoms with Crippen molar-refractivity contribution < 1.29 is 4.79 Å². The van der Waals surface area contributed by atoms with Crippen molar-refractivity contribution in [3.05, 3.63) is 29.3 Å². The fourth-order valence-corrected chi connectivity index (χ4v) is 1.08. The van der Waals surface area contributed by atoms with Crippen LogP contribution in [-0.2, 0) is 0 Å². The zero-order valence-electron chi connectivity index (χ0n) is 7.22. The predicted molar refractivity (Wildman–Crippen MR) is 49.2 cm³/mol. The molecule has 0 saturated carbocycles. The third-order valence-corrected chi connectivity index (χ3v) is 1.71. The SMILES string of the molecule is CNc1cc(C)ccc1C(N)=O. The highest BCUT2D eigenvalue weighted by molar-refractivity contribution is 5.98. The van der Waals surface area contributed by atoms with E-state index in [1.54, 1.807) is 13.1 Å². The van der Waals surface area contributed by atoms with E-state index in [4.69, 9.17) is 5.73 Å². The van der Waals surface area contributed by atoms with Crippen molar-refractivity contribution in [2.24, 2.45) is 5.73 Å². The molecule has 0 spiro atoms. The number of primary amides is 1. The van der Waals surface area contributed by atoms with E-state index >= 15 is 0 Å². The molecule has 0 radical (unpaired) electrons. The number of hydrogen-bond donors (Lipinski definition) is 2. The minimum atomic E-state index is -0.403. The summed E-state index contributed by atoms with van der Waals surface area (Å²) in [7, 11) is 1.77. The number of aryl methyl sites for hydroxylation is 1. The van der Waals surface area contributed by atoms with Gasteiger partial charge in [0.05, 0.1) is 5.56 Å². The average molecular weight is 164 g/mol. The van der Waals surface area contributed by atoms with Gasteiger partial charge in [0, 0.05) is 12.7 Å². The molecule has 1 rings (SSSR count). The lowest BCUT2D eigenvalue weighted by molar-refractivity contribution is 0.100. The van der Waals surface area contributed by atoms with Gasteiger partial charge >= 0.3 is 0 Å². The maximum Gasteiger partial charge on any atom is 0.250 e. The van der Waals surface area contributed by atoms with Crippen molar-refractivity contribution >= 4 is 11.6 Å². The number of carbonyl (C=O) groups excluding carboxylic acids is 1. The van der Waals surface area contributed by atoms with Gasteiger partial charge in [-0.05, 0) is 24.6 Å². The first-order valence-corrected chi connectivity index (χ1v) is 3.73. The first kappa shape index (κ1) is 8.59. The zero-order chi connectivity index (χ0) is 9.14. The number of nitrogens with two attached hydrogens (primary N) is 1. The Morgan fingerprint density at radius 3 is 2.67 bits per heavy atom. The highest BCUT2D eigenvalue weighted by atomic mass is 16.1. The second kappa shape index (κ2) is 3.26. The molecule has 0 aliphatic heterocycles. The molecule has 0 unspecified atom stereocenters. The molecule has 0 heterocycles. The summed E-state index contributed by atoms with van der Waals surface area (Å²) >= 11 is 0. The molecular weight excluding hydrogens is 152 g/mol. The molecule has 0 atom stereocenters. The van der Waals surface area contributed by atoms with Crippen LogP contribution in [0.2, 0.25) is 0 Å². The molecule has 64 valence electrons. The van der Waals surface area contributed by atoms with Crippen LogP contribution in [0.5, 0.6) is 0 Å². The van der Waals surface area contributed by atoms with Crippen molar-refractivity contribution in [2.75, 3.05) is 12.4 Å². The maximum atomic E-state index is 10.9. The van der Waals surface area contributed by atoms with Gasteiger partial charge in [-0.3, -0.25) is 4.79 Å². The average Bonchev–Trinajstić information content (AvgIpc) is 2.03. The summed E-state index contributed by atoms with van der Waals surface area (Å²) in [5, 5.41) is 2.92. The standard InChI is InChI=1S/C9H12N2O/c1-6-3-4-7(9(10)12)8(5-6)11-2/h3-5,11H,1-2H3,(H2,10,12). The second-order valence-electron chi connectivity index (χ2n) is 2.66. The number of amides is 1. The Morgan fingerprint density at radius 2 is 2.17 bits per heavy atom. The third-order valence-electron chi connectivity index (χ3n) is 1.71. The van der Waals surface area contributed by atoms with Crippen molar-refractivity contribution in [1.29, 1.82) is 0 Å². The van der Waals surface area contributed by atoms with Crippen LogP contribution in [0, 0.1) is 6.92 Å². The van der Waals surface area contributed by atoms with Crippen molar-refractivity contribution in [3.63, 3.8) is 0 Å². The van der Waals surface area contributed by atoms with Crippen LogP contribution in [0.4, 0.5) is 5.69 Å². The Kier molecular flexibility index (Phi) is 2.33. The van der Waals surface area contributed by atoms with Gasteiger partial charge in [0.25, 0.3) is 5.91 Å². The Morgan fingerprint density at radius 1 is 1.50 bits per heavy atom. The molecule has 0 fully saturated rings. The van der Waals surface area contributed by atoms with Gasteiger partial charge in [-0.2, -0.15) is 0 Å². The number of carbonyl (C=O) groups is 1. The van der Waals surface area contributed by atoms with Gasteiger partial charge in [-0.15, -0.1) is 0 Å². The highest BCUT2D eigenvalue weighted by Crippen LogP contribution is 2.15. The summed E-state index contributed by atoms with van der Waals surface area (Å²) in [6.07, 6.45) is 0. The Labute approximate surface area is 71.6 Å². The number of anilines is 1. The molecule has 0 aliphatic rings. The molecule has 1 aromatic rings. The monoisotopic (exact) mass is 164 g/mol. The lowest BCUT2D eigenvalue weighted by Gasteiger charge is -2.06. The van der Waals surface area contributed by atoms with Crippen LogP contribution in [0.15, 0.2) is 18.2 Å². The normalized spacial score (nSPS) is 9.50. The summed E-state index contributed by atoms with van der Waals surface area (Å²) in [6.45, 7) is 1.96. The van der Waals surface area contributed by atoms with E-state index in [9.17, 15) is 4.79 Å². The van der Waals surface area contributed by atoms with E-state index in [2.05, 4.69) is 5.32 Å². The summed E-state index contributed by atoms with van der Waals surface area (Å²) in [4.78, 5) is 10.9. The summed E-state index contributed by atoms with van der Waals surface area (Å²) in [5.74, 6) is -0.403. The first-order valence-electron chi connectivity index (χ1n) is 3.73. The molecule has 0 bridgehead atoms. The quantitative estimate of drug-likeness (QED) is 0.688. The molecule has 3 N–H and O–H groups in total. The molecule has 0 aliphatic carbocycles. The largest absolute Gasteiger partial charge is 0.387 e. The fraction of sp³-hybridized carbons (Fsp3) is 0.222. The van der Waals surface area contributed by atoms with E-state index in [-0.39, 0.29) is 0 Å². The molecular formula is C9H12N2O. The Hall–Kier alpha value is -1.51. The van der Waals surface area contributed by atoms with E-state index in [1.807, 2.05) is 19.1 Å². The van der Waals surface area contributed by atoms with E-state index in [1.165, 1.54) is 0 Å². The van der Waals surface area contributed by atoms with Gasteiger partial charge in [0.1, 0.15) is 0 Å². The Bertz CT molecular complexity index is 307. The molecule has 3 nitrogen and oxygen atoms in total. The van der Waals surface area contributed by atoms with Gasteiger partial charge in [-0.25, -0.2) is 0 Å². The number of rotatable bonds is 2. The van der Waals surface area contributed by atoms with Gasteiger partial charge in [-0.1, -0.05) is 6.07 Å². The van der Waals surface area contributed by atoms with Gasteiger partial charge in [0.15, 0.2) is 0 Å². The van der Waals surface area contributed by atoms with Crippen LogP contribution in [-0.4, -0.2) is 13.0 Å². The molecule has 0 aromatic heterocycles. The lowest BCUT2D eigenvalue weighted by Crippen LogP contribution is -2.13. The van der Waals surface area contributed by atoms with Crippen LogP contribution in [0.25, 0.3) is 0 Å². The first-order chi connectivity index (χ1) is 5.65. The van der Waals surface area contributed by atoms with Crippen molar-refractivity contribution in [1.82, 2.24) is 0 Å². The lowest BCUT2D eigenvalue weighted by atomic mass is 10.1. The number of hydrogen-bond acceptors (Lipinski definition) is 2. The van der Waals surface area contributed by atoms with Gasteiger partial charge < -0.3 is 11.1 Å². The minimum absolute atomic E-state index is 0.403. The van der Waals surface area contributed by atoms with Crippen LogP contribution < -0.4 is 11.1 Å². The summed E-state index contributed by atoms with van der Waals surface area (Å²) in [6, 6.07) is 5.48. The molecule has 1 amide bonds. The predicted octanol–water partition coefficient (Wildman–Crippen LogP) is 1.14. The Balaban J connectivity index is 3.20. The zero-order valence-corrected chi connectivity index (χ0v) is 7.22. The summed E-state index contributed by atoms with van der Waals surface area (Å²) < 4.78 is 0. The van der Waals surface area contributed by atoms with Crippen molar-refractivity contribution in [3.8, 4) is 0 Å². The van der Waals surface area contributed by atoms with Gasteiger partial charge in [0.2, 0.25) is 0 Å². The van der Waals surface area contributed by atoms with E-state index < -0.39 is 5.91 Å². The summed E-state index contributed by atoms with van der Waals surface area (Å²) in [5.41, 5.74) is 7.57. The molecule has 3 heteroatoms. The van der Waals surface area contributed by atoms with E-state index in [0.29, 0.717) is 5.56 Å².